The van der Waals surface area contributed by atoms with E-state index in [1.54, 1.807) is 30.3 Å². The number of ether oxygens (including phenoxy) is 12. The molecular weight excluding hydrogens is 1390 g/mol. The summed E-state index contributed by atoms with van der Waals surface area (Å²) in [6, 6.07) is 33.7. The van der Waals surface area contributed by atoms with Crippen molar-refractivity contribution in [3.05, 3.63) is 154 Å². The lowest BCUT2D eigenvalue weighted by atomic mass is 9.94. The molecule has 4 heterocycles. The topological polar surface area (TPSA) is 273 Å². The lowest BCUT2D eigenvalue weighted by Gasteiger charge is -2.38. The van der Waals surface area contributed by atoms with Crippen molar-refractivity contribution < 1.29 is 95.2 Å². The van der Waals surface area contributed by atoms with Gasteiger partial charge in [-0.25, -0.2) is 38.4 Å². The number of rotatable bonds is 32. The van der Waals surface area contributed by atoms with Crippen molar-refractivity contribution in [3.8, 4) is 0 Å². The molecule has 4 unspecified atom stereocenters. The molecule has 4 atom stereocenters. The van der Waals surface area contributed by atoms with E-state index in [4.69, 9.17) is 56.8 Å². The summed E-state index contributed by atoms with van der Waals surface area (Å²) < 4.78 is 63.3. The fourth-order valence-electron chi connectivity index (χ4n) is 12.6. The van der Waals surface area contributed by atoms with Gasteiger partial charge in [-0.1, -0.05) is 122 Å². The van der Waals surface area contributed by atoms with Gasteiger partial charge >= 0.3 is 48.0 Å². The second-order valence-corrected chi connectivity index (χ2v) is 27.3. The minimum Gasteiger partial charge on any atom is -0.455 e. The van der Waals surface area contributed by atoms with Gasteiger partial charge in [0.25, 0.3) is 0 Å². The van der Waals surface area contributed by atoms with Crippen molar-refractivity contribution in [2.24, 2.45) is 0 Å². The van der Waals surface area contributed by atoms with Gasteiger partial charge in [0.05, 0.1) is 74.6 Å². The van der Waals surface area contributed by atoms with Gasteiger partial charge in [-0.3, -0.25) is 39.2 Å². The van der Waals surface area contributed by atoms with E-state index >= 15 is 0 Å². The molecule has 0 saturated carbocycles. The number of esters is 4. The molecule has 4 saturated heterocycles. The number of nitrogens with zero attached hydrogens (tertiary/aromatic N) is 8. The maximum atomic E-state index is 12.8. The molecule has 108 heavy (non-hydrogen) atoms. The van der Waals surface area contributed by atoms with E-state index in [0.717, 1.165) is 47.6 Å². The van der Waals surface area contributed by atoms with Crippen molar-refractivity contribution in [3.63, 3.8) is 0 Å². The molecule has 4 fully saturated rings. The average molecular weight is 1510 g/mol. The molecule has 0 N–H and O–H groups in total. The Kier molecular flexibility index (Phi) is 36.7. The lowest BCUT2D eigenvalue weighted by Crippen LogP contribution is -2.57. The number of fused-ring (bicyclic) bond motifs is 1. The number of benzene rings is 5. The zero-order valence-corrected chi connectivity index (χ0v) is 65.9. The van der Waals surface area contributed by atoms with E-state index in [2.05, 4.69) is 67.5 Å². The molecular formula is C80H114N8O20. The zero-order valence-electron chi connectivity index (χ0n) is 65.9. The van der Waals surface area contributed by atoms with Crippen LogP contribution in [0.5, 0.6) is 0 Å². The third-order valence-corrected chi connectivity index (χ3v) is 19.2. The van der Waals surface area contributed by atoms with Gasteiger partial charge in [0, 0.05) is 56.9 Å². The Balaban J connectivity index is 0.000000226. The van der Waals surface area contributed by atoms with Crippen LogP contribution in [0.4, 0.5) is 19.2 Å². The number of carbonyl (C=O) groups is 8. The van der Waals surface area contributed by atoms with Crippen LogP contribution in [0.15, 0.2) is 109 Å². The van der Waals surface area contributed by atoms with Crippen LogP contribution >= 0.6 is 0 Å². The minimum atomic E-state index is -0.469. The Morgan fingerprint density at radius 1 is 0.315 bits per heavy atom. The quantitative estimate of drug-likeness (QED) is 0.0286. The van der Waals surface area contributed by atoms with Crippen molar-refractivity contribution in [1.82, 2.24) is 39.2 Å². The number of hydrogen-bond donors (Lipinski definition) is 0. The molecule has 4 aliphatic heterocycles. The molecule has 5 aromatic rings. The second-order valence-electron chi connectivity index (χ2n) is 27.3. The van der Waals surface area contributed by atoms with Crippen LogP contribution in [-0.2, 0) is 56.8 Å². The number of amides is 8. The molecule has 8 amide bonds. The molecule has 594 valence electrons. The van der Waals surface area contributed by atoms with E-state index in [1.807, 2.05) is 66.7 Å². The number of carbonyl (C=O) groups excluding carboxylic acids is 8. The average Bonchev–Trinajstić information content (AvgIpc) is 0.825. The molecule has 5 aromatic carbocycles. The summed E-state index contributed by atoms with van der Waals surface area (Å²) in [6.45, 7) is 20.5. The van der Waals surface area contributed by atoms with Gasteiger partial charge in [0.2, 0.25) is 0 Å². The zero-order chi connectivity index (χ0) is 79.0. The van der Waals surface area contributed by atoms with Crippen LogP contribution in [0.3, 0.4) is 0 Å². The first-order valence-electron chi connectivity index (χ1n) is 36.7. The normalized spacial score (nSPS) is 16.6. The largest absolute Gasteiger partial charge is 0.455 e. The van der Waals surface area contributed by atoms with E-state index in [9.17, 15) is 38.4 Å². The van der Waals surface area contributed by atoms with Crippen LogP contribution < -0.4 is 0 Å². The molecule has 28 nitrogen and oxygen atoms in total. The number of hydrogen-bond acceptors (Lipinski definition) is 20. The number of methoxy groups -OCH3 is 8. The fourth-order valence-corrected chi connectivity index (χ4v) is 12.6. The molecule has 0 aromatic heterocycles. The first-order valence-corrected chi connectivity index (χ1v) is 36.7. The van der Waals surface area contributed by atoms with Crippen LogP contribution in [0.25, 0.3) is 10.8 Å². The first kappa shape index (κ1) is 87.9. The summed E-state index contributed by atoms with van der Waals surface area (Å²) in [7, 11) is 12.1. The standard InChI is InChI=1S/C23H30N2O5.3C19H28N2O5/c1-5-16(2)17-6-7-19-11-20(9-8-18(19)10-17)22(26)30-21-12-24(14-28-3)23(27)25(13-21)15-29-4;1-5-14(2)15-6-8-16(9-7-15)18(22)26-17-10-20(12-24-3)19(23)21(11-17)13-25-4;1-5-14(2)15-7-6-8-16(9-15)18(22)26-17-10-20(12-24-3)19(23)21(11-17)13-25-4;1-5-14(2)16-8-6-7-9-17(16)18(22)26-15-10-20(12-24-3)19(23)21(11-15)13-25-4/h6-11,16,21H,5,12-15H2,1-4H3;2*6-9,14,17H,5,10-13H2,1-4H3;6-9,14-15H,5,10-13H2,1-4H3. The van der Waals surface area contributed by atoms with Gasteiger partial charge in [0.1, 0.15) is 78.3 Å². The maximum Gasteiger partial charge on any atom is 0.338 e. The Morgan fingerprint density at radius 3 is 0.963 bits per heavy atom. The fraction of sp³-hybridized carbons (Fsp3) is 0.550. The molecule has 0 radical (unpaired) electrons. The van der Waals surface area contributed by atoms with Crippen LogP contribution in [0.1, 0.15) is 168 Å². The Labute approximate surface area is 636 Å². The van der Waals surface area contributed by atoms with Crippen molar-refractivity contribution in [2.45, 2.75) is 129 Å². The highest BCUT2D eigenvalue weighted by atomic mass is 16.6. The van der Waals surface area contributed by atoms with Gasteiger partial charge in [0.15, 0.2) is 0 Å². The number of urea groups is 4. The molecule has 0 bridgehead atoms. The summed E-state index contributed by atoms with van der Waals surface area (Å²) in [5.41, 5.74) is 6.69. The van der Waals surface area contributed by atoms with Gasteiger partial charge < -0.3 is 56.8 Å². The predicted octanol–water partition coefficient (Wildman–Crippen LogP) is 11.8. The molecule has 4 aliphatic rings. The van der Waals surface area contributed by atoms with E-state index in [0.29, 0.717) is 79.3 Å². The van der Waals surface area contributed by atoms with Crippen LogP contribution in [0, 0.1) is 0 Å². The Bertz CT molecular complexity index is 3610. The van der Waals surface area contributed by atoms with Gasteiger partial charge in [-0.05, 0) is 125 Å². The lowest BCUT2D eigenvalue weighted by molar-refractivity contribution is -0.0402. The summed E-state index contributed by atoms with van der Waals surface area (Å²) in [5.74, 6) is 0.0462. The smallest absolute Gasteiger partial charge is 0.338 e. The van der Waals surface area contributed by atoms with Gasteiger partial charge in [-0.2, -0.15) is 0 Å². The van der Waals surface area contributed by atoms with Crippen molar-refractivity contribution in [2.75, 3.05) is 163 Å². The highest BCUT2D eigenvalue weighted by Gasteiger charge is 2.38. The van der Waals surface area contributed by atoms with Crippen LogP contribution in [-0.4, -0.2) is 275 Å². The van der Waals surface area contributed by atoms with Crippen molar-refractivity contribution in [1.29, 1.82) is 0 Å². The first-order chi connectivity index (χ1) is 52.0. The minimum absolute atomic E-state index is 0.127. The summed E-state index contributed by atoms with van der Waals surface area (Å²) in [5, 5.41) is 2.10. The Morgan fingerprint density at radius 2 is 0.602 bits per heavy atom. The predicted molar refractivity (Wildman–Crippen MR) is 405 cm³/mol. The van der Waals surface area contributed by atoms with E-state index in [-0.39, 0.29) is 109 Å². The second kappa shape index (κ2) is 45.1. The van der Waals surface area contributed by atoms with Crippen LogP contribution in [0.2, 0.25) is 0 Å². The summed E-state index contributed by atoms with van der Waals surface area (Å²) >= 11 is 0. The van der Waals surface area contributed by atoms with Crippen molar-refractivity contribution >= 4 is 58.8 Å². The van der Waals surface area contributed by atoms with E-state index < -0.39 is 36.4 Å². The molecule has 0 spiro atoms. The summed E-state index contributed by atoms with van der Waals surface area (Å²) in [4.78, 5) is 112. The third kappa shape index (κ3) is 25.3. The maximum absolute atomic E-state index is 12.8. The third-order valence-electron chi connectivity index (χ3n) is 19.2. The monoisotopic (exact) mass is 1510 g/mol. The highest BCUT2D eigenvalue weighted by molar-refractivity contribution is 5.96. The molecule has 0 aliphatic carbocycles. The van der Waals surface area contributed by atoms with Gasteiger partial charge in [-0.15, -0.1) is 0 Å². The Hall–Kier alpha value is -9.00. The molecule has 9 rings (SSSR count). The molecule has 28 heteroatoms. The highest BCUT2D eigenvalue weighted by Crippen LogP contribution is 2.29. The van der Waals surface area contributed by atoms with E-state index in [1.165, 1.54) is 107 Å². The summed E-state index contributed by atoms with van der Waals surface area (Å²) in [6.07, 6.45) is 2.26. The SMILES string of the molecule is CCC(C)c1ccc(C(=O)OC2CN(COC)C(=O)N(COC)C2)cc1.CCC(C)c1ccc2cc(C(=O)OC3CN(COC)C(=O)N(COC)C3)ccc2c1.CCC(C)c1cccc(C(=O)OC2CN(COC)C(=O)N(COC)C2)c1.CCC(C)c1ccccc1C(=O)OC1CN(COC)C(=O)N(COC)C1.